The van der Waals surface area contributed by atoms with Crippen molar-refractivity contribution < 1.29 is 27.5 Å². The second-order valence-corrected chi connectivity index (χ2v) is 10.8. The van der Waals surface area contributed by atoms with Crippen molar-refractivity contribution in [1.29, 1.82) is 0 Å². The van der Waals surface area contributed by atoms with Gasteiger partial charge in [0.25, 0.3) is 5.91 Å². The van der Waals surface area contributed by atoms with E-state index in [9.17, 15) is 22.8 Å². The van der Waals surface area contributed by atoms with Crippen LogP contribution in [0.1, 0.15) is 34.5 Å². The summed E-state index contributed by atoms with van der Waals surface area (Å²) in [7, 11) is 5.04. The monoisotopic (exact) mass is 572 g/mol. The Morgan fingerprint density at radius 2 is 1.80 bits per heavy atom. The lowest BCUT2D eigenvalue weighted by molar-refractivity contribution is -0.138. The summed E-state index contributed by atoms with van der Waals surface area (Å²) in [6.07, 6.45) is -2.68. The van der Waals surface area contributed by atoms with Crippen LogP contribution in [-0.2, 0) is 24.6 Å². The first-order chi connectivity index (χ1) is 19.5. The van der Waals surface area contributed by atoms with Crippen molar-refractivity contribution in [3.63, 3.8) is 0 Å². The Kier molecular flexibility index (Phi) is 7.89. The molecule has 2 amide bonds. The maximum atomic E-state index is 13.4. The lowest BCUT2D eigenvalue weighted by Gasteiger charge is -2.37. The first-order valence-corrected chi connectivity index (χ1v) is 13.6. The summed E-state index contributed by atoms with van der Waals surface area (Å²) in [5, 5.41) is 3.40. The molecule has 2 aliphatic rings. The Labute approximate surface area is 236 Å². The van der Waals surface area contributed by atoms with Gasteiger partial charge < -0.3 is 25.3 Å². The highest BCUT2D eigenvalue weighted by molar-refractivity contribution is 6.07. The summed E-state index contributed by atoms with van der Waals surface area (Å²) in [6, 6.07) is 9.11. The number of nitrogens with one attached hydrogen (secondary N) is 1. The number of likely N-dealkylation sites (N-methyl/N-ethyl adjacent to an activating group) is 1. The molecule has 0 unspecified atom stereocenters. The number of alkyl halides is 3. The van der Waals surface area contributed by atoms with E-state index in [2.05, 4.69) is 15.1 Å². The first-order valence-electron chi connectivity index (χ1n) is 13.6. The normalized spacial score (nSPS) is 18.7. The van der Waals surface area contributed by atoms with E-state index in [1.54, 1.807) is 17.7 Å². The fraction of sp³-hybridized carbons (Fsp3) is 0.448. The molecule has 41 heavy (non-hydrogen) atoms. The van der Waals surface area contributed by atoms with Crippen LogP contribution in [0.2, 0.25) is 0 Å². The molecule has 2 saturated heterocycles. The summed E-state index contributed by atoms with van der Waals surface area (Å²) >= 11 is 0. The summed E-state index contributed by atoms with van der Waals surface area (Å²) in [4.78, 5) is 32.7. The molecule has 0 aliphatic carbocycles. The number of anilines is 2. The number of carbonyl (C=O) groups excluding carboxylic acids is 2. The van der Waals surface area contributed by atoms with Gasteiger partial charge in [0.15, 0.2) is 5.75 Å². The molecular weight excluding hydrogens is 537 g/mol. The summed E-state index contributed by atoms with van der Waals surface area (Å²) < 4.78 is 47.1. The molecule has 9 nitrogen and oxygen atoms in total. The maximum Gasteiger partial charge on any atom is 0.416 e. The lowest BCUT2D eigenvalue weighted by Crippen LogP contribution is -2.52. The number of fused-ring (bicyclic) bond motifs is 1. The predicted molar refractivity (Wildman–Crippen MR) is 151 cm³/mol. The van der Waals surface area contributed by atoms with Crippen LogP contribution in [0, 0.1) is 0 Å². The zero-order chi connectivity index (χ0) is 29.5. The number of hydrogen-bond donors (Lipinski definition) is 2. The molecule has 0 saturated carbocycles. The summed E-state index contributed by atoms with van der Waals surface area (Å²) in [5.41, 5.74) is 6.58. The Morgan fingerprint density at radius 1 is 1.07 bits per heavy atom. The Hall–Kier alpha value is -3.77. The molecule has 3 heterocycles. The third-order valence-corrected chi connectivity index (χ3v) is 8.15. The SMILES string of the molecule is COc1c(N)cc(C(F)(F)F)cc1NC(=O)c1cc2cccc(CN3CCN(C(=O)[C@@H]4CCCN4C)CC3)c2n1C. The number of carbonyl (C=O) groups is 2. The number of halogens is 3. The second-order valence-electron chi connectivity index (χ2n) is 10.8. The van der Waals surface area contributed by atoms with Crippen LogP contribution in [0.25, 0.3) is 10.9 Å². The van der Waals surface area contributed by atoms with Gasteiger partial charge in [-0.3, -0.25) is 19.4 Å². The summed E-state index contributed by atoms with van der Waals surface area (Å²) in [5.74, 6) is -0.414. The Bertz CT molecular complexity index is 1460. The van der Waals surface area contributed by atoms with Crippen LogP contribution in [0.5, 0.6) is 5.75 Å². The number of aromatic nitrogens is 1. The molecular formula is C29H35F3N6O3. The molecule has 2 aromatic carbocycles. The van der Waals surface area contributed by atoms with E-state index in [4.69, 9.17) is 10.5 Å². The second kappa shape index (κ2) is 11.2. The van der Waals surface area contributed by atoms with Crippen molar-refractivity contribution in [3.05, 3.63) is 53.2 Å². The number of hydrogen-bond acceptors (Lipinski definition) is 6. The van der Waals surface area contributed by atoms with Crippen LogP contribution < -0.4 is 15.8 Å². The fourth-order valence-electron chi connectivity index (χ4n) is 5.97. The van der Waals surface area contributed by atoms with Gasteiger partial charge in [0.05, 0.1) is 35.6 Å². The van der Waals surface area contributed by atoms with Crippen LogP contribution in [0.15, 0.2) is 36.4 Å². The van der Waals surface area contributed by atoms with Crippen molar-refractivity contribution in [2.24, 2.45) is 7.05 Å². The van der Waals surface area contributed by atoms with Crippen molar-refractivity contribution in [2.75, 3.05) is 57.9 Å². The minimum atomic E-state index is -4.64. The number of piperazine rings is 1. The van der Waals surface area contributed by atoms with E-state index in [1.807, 2.05) is 30.1 Å². The minimum Gasteiger partial charge on any atom is -0.492 e. The number of benzene rings is 2. The van der Waals surface area contributed by atoms with Crippen LogP contribution in [0.4, 0.5) is 24.5 Å². The molecule has 3 N–H and O–H groups in total. The lowest BCUT2D eigenvalue weighted by atomic mass is 10.1. The number of rotatable bonds is 6. The zero-order valence-electron chi connectivity index (χ0n) is 23.4. The third kappa shape index (κ3) is 5.71. The fourth-order valence-corrected chi connectivity index (χ4v) is 5.97. The van der Waals surface area contributed by atoms with Gasteiger partial charge in [-0.05, 0) is 50.2 Å². The smallest absolute Gasteiger partial charge is 0.416 e. The van der Waals surface area contributed by atoms with Gasteiger partial charge in [0, 0.05) is 45.2 Å². The van der Waals surface area contributed by atoms with Gasteiger partial charge in [-0.1, -0.05) is 18.2 Å². The highest BCUT2D eigenvalue weighted by atomic mass is 19.4. The molecule has 12 heteroatoms. The third-order valence-electron chi connectivity index (χ3n) is 8.15. The zero-order valence-corrected chi connectivity index (χ0v) is 23.4. The van der Waals surface area contributed by atoms with E-state index < -0.39 is 17.6 Å². The average molecular weight is 573 g/mol. The number of likely N-dealkylation sites (tertiary alicyclic amines) is 1. The van der Waals surface area contributed by atoms with Crippen LogP contribution >= 0.6 is 0 Å². The largest absolute Gasteiger partial charge is 0.492 e. The average Bonchev–Trinajstić information content (AvgIpc) is 3.51. The van der Waals surface area contributed by atoms with E-state index in [1.165, 1.54) is 7.11 Å². The number of aryl methyl sites for hydroxylation is 1. The van der Waals surface area contributed by atoms with Crippen molar-refractivity contribution in [3.8, 4) is 5.75 Å². The highest BCUT2D eigenvalue weighted by Gasteiger charge is 2.34. The number of nitrogens with zero attached hydrogens (tertiary/aromatic N) is 4. The number of methoxy groups -OCH3 is 1. The van der Waals surface area contributed by atoms with Gasteiger partial charge in [0.1, 0.15) is 5.69 Å². The molecule has 3 aromatic rings. The van der Waals surface area contributed by atoms with Gasteiger partial charge in [0.2, 0.25) is 5.91 Å². The number of nitrogens with two attached hydrogens (primary N) is 1. The van der Waals surface area contributed by atoms with E-state index in [0.717, 1.165) is 61.1 Å². The number of nitrogen functional groups attached to an aromatic ring is 1. The molecule has 1 aromatic heterocycles. The molecule has 2 aliphatic heterocycles. The van der Waals surface area contributed by atoms with E-state index in [-0.39, 0.29) is 34.8 Å². The standard InChI is InChI=1S/C29H35F3N6O3/c1-35-9-5-8-23(35)28(40)38-12-10-37(11-13-38)17-19-7-4-6-18-14-24(36(2)25(18)19)27(39)34-22-16-20(29(30,31)32)15-21(33)26(22)41-3/h4,6-7,14-16,23H,5,8-13,17,33H2,1-3H3,(H,34,39)/t23-/m0/s1. The number of amides is 2. The molecule has 5 rings (SSSR count). The number of para-hydroxylation sites is 1. The Morgan fingerprint density at radius 3 is 2.44 bits per heavy atom. The predicted octanol–water partition coefficient (Wildman–Crippen LogP) is 3.78. The quantitative estimate of drug-likeness (QED) is 0.437. The number of ether oxygens (including phenoxy) is 1. The summed E-state index contributed by atoms with van der Waals surface area (Å²) in [6.45, 7) is 4.42. The molecule has 220 valence electrons. The first kappa shape index (κ1) is 28.7. The highest BCUT2D eigenvalue weighted by Crippen LogP contribution is 2.39. The van der Waals surface area contributed by atoms with Crippen molar-refractivity contribution in [1.82, 2.24) is 19.3 Å². The maximum absolute atomic E-state index is 13.4. The van der Waals surface area contributed by atoms with E-state index >= 15 is 0 Å². The van der Waals surface area contributed by atoms with Crippen molar-refractivity contribution in [2.45, 2.75) is 31.6 Å². The minimum absolute atomic E-state index is 0.0180. The van der Waals surface area contributed by atoms with Crippen LogP contribution in [0.3, 0.4) is 0 Å². The van der Waals surface area contributed by atoms with Crippen LogP contribution in [-0.4, -0.2) is 84.0 Å². The molecule has 0 bridgehead atoms. The molecule has 1 atom stereocenters. The van der Waals surface area contributed by atoms with Gasteiger partial charge in [-0.25, -0.2) is 0 Å². The molecule has 0 spiro atoms. The molecule has 2 fully saturated rings. The van der Waals surface area contributed by atoms with Gasteiger partial charge >= 0.3 is 6.18 Å². The Balaban J connectivity index is 1.33. The molecule has 0 radical (unpaired) electrons. The van der Waals surface area contributed by atoms with E-state index in [0.29, 0.717) is 19.6 Å². The van der Waals surface area contributed by atoms with Gasteiger partial charge in [-0.2, -0.15) is 13.2 Å². The van der Waals surface area contributed by atoms with Gasteiger partial charge in [-0.15, -0.1) is 0 Å². The topological polar surface area (TPSA) is 96.1 Å². The van der Waals surface area contributed by atoms with Crippen molar-refractivity contribution >= 4 is 34.1 Å².